The smallest absolute Gasteiger partial charge is 0.385 e. The fraction of sp³-hybridized carbons (Fsp3) is 0.286. The molecule has 2 rings (SSSR count). The Labute approximate surface area is 119 Å². The summed E-state index contributed by atoms with van der Waals surface area (Å²) in [4.78, 5) is 16.7. The van der Waals surface area contributed by atoms with Crippen LogP contribution in [0, 0.1) is 12.3 Å². The summed E-state index contributed by atoms with van der Waals surface area (Å²) in [5, 5.41) is 0. The number of amidine groups is 1. The van der Waals surface area contributed by atoms with Crippen molar-refractivity contribution in [2.75, 3.05) is 0 Å². The van der Waals surface area contributed by atoms with E-state index in [1.165, 1.54) is 17.0 Å². The zero-order chi connectivity index (χ0) is 15.8. The van der Waals surface area contributed by atoms with Crippen molar-refractivity contribution in [1.82, 2.24) is 4.90 Å². The predicted molar refractivity (Wildman–Crippen MR) is 71.3 cm³/mol. The van der Waals surface area contributed by atoms with E-state index in [9.17, 15) is 18.0 Å². The second kappa shape index (κ2) is 5.13. The molecule has 0 aliphatic carbocycles. The predicted octanol–water partition coefficient (Wildman–Crippen LogP) is 2.56. The molecule has 1 aliphatic heterocycles. The first kappa shape index (κ1) is 14.9. The number of urea groups is 1. The first-order valence-electron chi connectivity index (χ1n) is 6.05. The van der Waals surface area contributed by atoms with Crippen LogP contribution in [-0.4, -0.2) is 22.8 Å². The fourth-order valence-electron chi connectivity index (χ4n) is 2.14. The van der Waals surface area contributed by atoms with Gasteiger partial charge in [0.05, 0.1) is 11.6 Å². The summed E-state index contributed by atoms with van der Waals surface area (Å²) in [6, 6.07) is 2.49. The fourth-order valence-corrected chi connectivity index (χ4v) is 2.14. The molecule has 2 N–H and O–H groups in total. The number of nitrogens with two attached hydrogens (primary N) is 1. The van der Waals surface area contributed by atoms with Gasteiger partial charge in [0.15, 0.2) is 0 Å². The molecular weight excluding hydrogens is 283 g/mol. The molecule has 1 aromatic rings. The average molecular weight is 295 g/mol. The van der Waals surface area contributed by atoms with Gasteiger partial charge in [0.1, 0.15) is 11.9 Å². The van der Waals surface area contributed by atoms with Crippen LogP contribution >= 0.6 is 0 Å². The van der Waals surface area contributed by atoms with E-state index < -0.39 is 29.9 Å². The Kier molecular flexibility index (Phi) is 3.64. The van der Waals surface area contributed by atoms with Gasteiger partial charge in [-0.25, -0.2) is 4.79 Å². The number of amides is 2. The van der Waals surface area contributed by atoms with Crippen molar-refractivity contribution in [3.8, 4) is 12.3 Å². The minimum Gasteiger partial charge on any atom is -0.385 e. The summed E-state index contributed by atoms with van der Waals surface area (Å²) in [5.74, 6) is 2.41. The monoisotopic (exact) mass is 295 g/mol. The molecule has 0 radical (unpaired) electrons. The van der Waals surface area contributed by atoms with Crippen molar-refractivity contribution >= 4 is 11.9 Å². The van der Waals surface area contributed by atoms with Crippen molar-refractivity contribution in [2.45, 2.75) is 25.2 Å². The molecule has 1 aromatic carbocycles. The van der Waals surface area contributed by atoms with Crippen LogP contribution in [0.3, 0.4) is 0 Å². The number of carbonyl (C=O) groups is 1. The van der Waals surface area contributed by atoms with Crippen molar-refractivity contribution in [2.24, 2.45) is 10.7 Å². The molecule has 0 bridgehead atoms. The lowest BCUT2D eigenvalue weighted by Gasteiger charge is -2.27. The molecule has 2 amide bonds. The molecule has 0 aromatic heterocycles. The van der Waals surface area contributed by atoms with E-state index in [4.69, 9.17) is 12.2 Å². The Morgan fingerprint density at radius 3 is 2.43 bits per heavy atom. The molecule has 2 atom stereocenters. The first-order chi connectivity index (χ1) is 9.75. The third-order valence-corrected chi connectivity index (χ3v) is 3.22. The second-order valence-corrected chi connectivity index (χ2v) is 4.59. The van der Waals surface area contributed by atoms with Gasteiger partial charge >= 0.3 is 12.2 Å². The summed E-state index contributed by atoms with van der Waals surface area (Å²) in [6.07, 6.45) is 0.875. The van der Waals surface area contributed by atoms with Gasteiger partial charge in [-0.1, -0.05) is 18.1 Å². The van der Waals surface area contributed by atoms with Gasteiger partial charge in [-0.05, 0) is 24.6 Å². The number of terminal acetylenes is 1. The summed E-state index contributed by atoms with van der Waals surface area (Å²) >= 11 is 0. The average Bonchev–Trinajstić information content (AvgIpc) is 2.71. The van der Waals surface area contributed by atoms with Crippen LogP contribution in [0.4, 0.5) is 18.0 Å². The molecule has 1 aliphatic rings. The van der Waals surface area contributed by atoms with Crippen LogP contribution in [0.5, 0.6) is 0 Å². The van der Waals surface area contributed by atoms with E-state index in [0.717, 1.165) is 12.1 Å². The Hall–Kier alpha value is -2.49. The van der Waals surface area contributed by atoms with Gasteiger partial charge in [0, 0.05) is 0 Å². The summed E-state index contributed by atoms with van der Waals surface area (Å²) in [7, 11) is 0. The van der Waals surface area contributed by atoms with Crippen molar-refractivity contribution in [3.63, 3.8) is 0 Å². The van der Waals surface area contributed by atoms with Crippen molar-refractivity contribution < 1.29 is 18.0 Å². The third-order valence-electron chi connectivity index (χ3n) is 3.22. The van der Waals surface area contributed by atoms with Gasteiger partial charge < -0.3 is 5.73 Å². The zero-order valence-electron chi connectivity index (χ0n) is 11.1. The van der Waals surface area contributed by atoms with Crippen molar-refractivity contribution in [1.29, 1.82) is 0 Å². The summed E-state index contributed by atoms with van der Waals surface area (Å²) in [6.45, 7) is 1.61. The Morgan fingerprint density at radius 1 is 1.38 bits per heavy atom. The highest BCUT2D eigenvalue weighted by Crippen LogP contribution is 2.33. The Balaban J connectivity index is 2.38. The largest absolute Gasteiger partial charge is 0.416 e. The quantitative estimate of drug-likeness (QED) is 0.852. The normalized spacial score (nSPS) is 20.1. The molecule has 0 saturated heterocycles. The number of rotatable bonds is 2. The minimum atomic E-state index is -4.42. The highest BCUT2D eigenvalue weighted by molar-refractivity contribution is 6.03. The molecule has 0 fully saturated rings. The van der Waals surface area contributed by atoms with E-state index >= 15 is 0 Å². The number of alkyl halides is 3. The van der Waals surface area contributed by atoms with Crippen LogP contribution in [0.25, 0.3) is 0 Å². The lowest BCUT2D eigenvalue weighted by molar-refractivity contribution is -0.137. The maximum atomic E-state index is 12.6. The molecule has 1 heterocycles. The SMILES string of the molecule is C#CC(C)N1C(=O)N=C(N)C1c1ccc(C(F)(F)F)cc1. The molecule has 7 heteroatoms. The second-order valence-electron chi connectivity index (χ2n) is 4.59. The minimum absolute atomic E-state index is 0.0156. The molecular formula is C14H12F3N3O. The number of aliphatic imine (C=N–C) groups is 1. The van der Waals surface area contributed by atoms with Gasteiger partial charge in [-0.15, -0.1) is 6.42 Å². The van der Waals surface area contributed by atoms with Crippen molar-refractivity contribution in [3.05, 3.63) is 35.4 Å². The number of hydrogen-bond acceptors (Lipinski definition) is 2. The maximum absolute atomic E-state index is 12.6. The molecule has 0 saturated carbocycles. The standard InChI is InChI=1S/C14H12F3N3O/c1-3-8(2)20-11(12(18)19-13(20)21)9-4-6-10(7-5-9)14(15,16)17/h1,4-8,11H,2H3,(H2,18,19,21). The van der Waals surface area contributed by atoms with Gasteiger partial charge in [0.25, 0.3) is 0 Å². The lowest BCUT2D eigenvalue weighted by atomic mass is 10.0. The van der Waals surface area contributed by atoms with Gasteiger partial charge in [-0.2, -0.15) is 18.2 Å². The third kappa shape index (κ3) is 2.70. The first-order valence-corrected chi connectivity index (χ1v) is 6.05. The highest BCUT2D eigenvalue weighted by Gasteiger charge is 2.38. The van der Waals surface area contributed by atoms with Gasteiger partial charge in [0.2, 0.25) is 0 Å². The highest BCUT2D eigenvalue weighted by atomic mass is 19.4. The van der Waals surface area contributed by atoms with E-state index in [2.05, 4.69) is 10.9 Å². The molecule has 21 heavy (non-hydrogen) atoms. The number of benzene rings is 1. The van der Waals surface area contributed by atoms with Crippen LogP contribution < -0.4 is 5.73 Å². The number of nitrogens with zero attached hydrogens (tertiary/aromatic N) is 2. The van der Waals surface area contributed by atoms with Crippen LogP contribution in [0.15, 0.2) is 29.3 Å². The van der Waals surface area contributed by atoms with E-state index in [1.807, 2.05) is 0 Å². The Bertz CT molecular complexity index is 628. The molecule has 110 valence electrons. The lowest BCUT2D eigenvalue weighted by Crippen LogP contribution is -2.39. The number of halogens is 3. The van der Waals surface area contributed by atoms with E-state index in [1.54, 1.807) is 6.92 Å². The van der Waals surface area contributed by atoms with Crippen LogP contribution in [-0.2, 0) is 6.18 Å². The summed E-state index contributed by atoms with van der Waals surface area (Å²) in [5.41, 5.74) is 5.36. The van der Waals surface area contributed by atoms with Crippen LogP contribution in [0.1, 0.15) is 24.1 Å². The van der Waals surface area contributed by atoms with E-state index in [0.29, 0.717) is 5.56 Å². The summed E-state index contributed by atoms with van der Waals surface area (Å²) < 4.78 is 37.7. The molecule has 4 nitrogen and oxygen atoms in total. The topological polar surface area (TPSA) is 58.7 Å². The van der Waals surface area contributed by atoms with Gasteiger partial charge in [-0.3, -0.25) is 4.90 Å². The number of hydrogen-bond donors (Lipinski definition) is 1. The molecule has 0 spiro atoms. The Morgan fingerprint density at radius 2 is 1.95 bits per heavy atom. The maximum Gasteiger partial charge on any atom is 0.416 e. The van der Waals surface area contributed by atoms with E-state index in [-0.39, 0.29) is 5.84 Å². The zero-order valence-corrected chi connectivity index (χ0v) is 11.1. The molecule has 2 unspecified atom stereocenters. The van der Waals surface area contributed by atoms with Crippen LogP contribution in [0.2, 0.25) is 0 Å². The number of carbonyl (C=O) groups excluding carboxylic acids is 1.